The first-order valence-electron chi connectivity index (χ1n) is 4.75. The van der Waals surface area contributed by atoms with Crippen LogP contribution in [0.1, 0.15) is 22.6 Å². The van der Waals surface area contributed by atoms with Gasteiger partial charge in [-0.05, 0) is 6.92 Å². The predicted octanol–water partition coefficient (Wildman–Crippen LogP) is 2.48. The van der Waals surface area contributed by atoms with Gasteiger partial charge < -0.3 is 5.32 Å². The van der Waals surface area contributed by atoms with E-state index in [4.69, 9.17) is 0 Å². The maximum Gasteiger partial charge on any atom is 0.202 e. The SMILES string of the molecule is CCc1nsc(NCc2cnc(C)s2)n1. The number of thiazole rings is 1. The van der Waals surface area contributed by atoms with Gasteiger partial charge in [-0.25, -0.2) is 9.97 Å². The van der Waals surface area contributed by atoms with Crippen molar-refractivity contribution < 1.29 is 0 Å². The molecule has 0 aliphatic rings. The van der Waals surface area contributed by atoms with Crippen LogP contribution < -0.4 is 5.32 Å². The number of anilines is 1. The average molecular weight is 240 g/mol. The summed E-state index contributed by atoms with van der Waals surface area (Å²) in [5.41, 5.74) is 0. The van der Waals surface area contributed by atoms with Gasteiger partial charge in [-0.1, -0.05) is 6.92 Å². The Morgan fingerprint density at radius 2 is 2.33 bits per heavy atom. The molecule has 80 valence electrons. The largest absolute Gasteiger partial charge is 0.355 e. The normalized spacial score (nSPS) is 10.5. The molecule has 0 unspecified atom stereocenters. The molecule has 2 heterocycles. The van der Waals surface area contributed by atoms with Crippen LogP contribution in [-0.2, 0) is 13.0 Å². The van der Waals surface area contributed by atoms with Crippen molar-refractivity contribution in [2.75, 3.05) is 5.32 Å². The van der Waals surface area contributed by atoms with E-state index in [0.29, 0.717) is 0 Å². The van der Waals surface area contributed by atoms with Gasteiger partial charge >= 0.3 is 0 Å². The van der Waals surface area contributed by atoms with Gasteiger partial charge in [0.15, 0.2) is 0 Å². The molecule has 0 spiro atoms. The maximum atomic E-state index is 4.33. The van der Waals surface area contributed by atoms with E-state index in [0.717, 1.165) is 28.9 Å². The summed E-state index contributed by atoms with van der Waals surface area (Å²) in [6, 6.07) is 0. The van der Waals surface area contributed by atoms with Gasteiger partial charge in [0.25, 0.3) is 0 Å². The highest BCUT2D eigenvalue weighted by atomic mass is 32.1. The zero-order valence-corrected chi connectivity index (χ0v) is 10.3. The van der Waals surface area contributed by atoms with E-state index < -0.39 is 0 Å². The monoisotopic (exact) mass is 240 g/mol. The summed E-state index contributed by atoms with van der Waals surface area (Å²) >= 11 is 3.11. The average Bonchev–Trinajstić information content (AvgIpc) is 2.83. The van der Waals surface area contributed by atoms with E-state index in [1.165, 1.54) is 16.4 Å². The Kier molecular flexibility index (Phi) is 3.27. The number of hydrogen-bond acceptors (Lipinski definition) is 6. The molecule has 2 aromatic heterocycles. The fourth-order valence-electron chi connectivity index (χ4n) is 1.12. The molecule has 2 rings (SSSR count). The Bertz CT molecular complexity index is 435. The van der Waals surface area contributed by atoms with Gasteiger partial charge in [-0.15, -0.1) is 11.3 Å². The highest BCUT2D eigenvalue weighted by Gasteiger charge is 2.02. The molecule has 6 heteroatoms. The molecule has 1 N–H and O–H groups in total. The maximum absolute atomic E-state index is 4.33. The Labute approximate surface area is 96.6 Å². The Morgan fingerprint density at radius 3 is 2.93 bits per heavy atom. The van der Waals surface area contributed by atoms with E-state index in [2.05, 4.69) is 26.6 Å². The number of nitrogens with zero attached hydrogens (tertiary/aromatic N) is 3. The standard InChI is InChI=1S/C9H12N4S2/c1-3-8-12-9(15-13-8)11-5-7-4-10-6(2)14-7/h4H,3,5H2,1-2H3,(H,11,12,13). The fraction of sp³-hybridized carbons (Fsp3) is 0.444. The number of rotatable bonds is 4. The van der Waals surface area contributed by atoms with Crippen molar-refractivity contribution in [1.29, 1.82) is 0 Å². The van der Waals surface area contributed by atoms with Crippen molar-refractivity contribution in [3.63, 3.8) is 0 Å². The quantitative estimate of drug-likeness (QED) is 0.892. The van der Waals surface area contributed by atoms with Crippen molar-refractivity contribution in [3.8, 4) is 0 Å². The van der Waals surface area contributed by atoms with Gasteiger partial charge in [0.05, 0.1) is 11.6 Å². The number of nitrogens with one attached hydrogen (secondary N) is 1. The van der Waals surface area contributed by atoms with Crippen LogP contribution in [0, 0.1) is 6.92 Å². The van der Waals surface area contributed by atoms with Crippen molar-refractivity contribution >= 4 is 28.0 Å². The third-order valence-electron chi connectivity index (χ3n) is 1.87. The van der Waals surface area contributed by atoms with Gasteiger partial charge in [-0.3, -0.25) is 0 Å². The highest BCUT2D eigenvalue weighted by molar-refractivity contribution is 7.11. The van der Waals surface area contributed by atoms with Gasteiger partial charge in [0.2, 0.25) is 5.13 Å². The highest BCUT2D eigenvalue weighted by Crippen LogP contribution is 2.16. The first-order valence-corrected chi connectivity index (χ1v) is 6.34. The molecule has 0 atom stereocenters. The van der Waals surface area contributed by atoms with E-state index >= 15 is 0 Å². The van der Waals surface area contributed by atoms with Crippen LogP contribution in [0.2, 0.25) is 0 Å². The number of hydrogen-bond donors (Lipinski definition) is 1. The second kappa shape index (κ2) is 4.67. The molecule has 0 aromatic carbocycles. The number of aromatic nitrogens is 3. The Hall–Kier alpha value is -1.01. The van der Waals surface area contributed by atoms with E-state index in [9.17, 15) is 0 Å². The second-order valence-corrected chi connectivity index (χ2v) is 5.14. The zero-order valence-electron chi connectivity index (χ0n) is 8.65. The van der Waals surface area contributed by atoms with Gasteiger partial charge in [0, 0.05) is 29.0 Å². The van der Waals surface area contributed by atoms with Crippen LogP contribution in [0.5, 0.6) is 0 Å². The number of aryl methyl sites for hydroxylation is 2. The summed E-state index contributed by atoms with van der Waals surface area (Å²) in [7, 11) is 0. The minimum atomic E-state index is 0.782. The molecule has 0 bridgehead atoms. The van der Waals surface area contributed by atoms with Crippen LogP contribution in [-0.4, -0.2) is 14.3 Å². The summed E-state index contributed by atoms with van der Waals surface area (Å²) in [4.78, 5) is 9.75. The molecule has 0 aliphatic heterocycles. The summed E-state index contributed by atoms with van der Waals surface area (Å²) in [5.74, 6) is 0.906. The summed E-state index contributed by atoms with van der Waals surface area (Å²) in [6.07, 6.45) is 2.78. The van der Waals surface area contributed by atoms with E-state index in [1.54, 1.807) is 11.3 Å². The first kappa shape index (κ1) is 10.5. The molecule has 4 nitrogen and oxygen atoms in total. The lowest BCUT2D eigenvalue weighted by Gasteiger charge is -1.96. The molecule has 0 fully saturated rings. The molecule has 0 radical (unpaired) electrons. The molecule has 0 amide bonds. The third-order valence-corrected chi connectivity index (χ3v) is 3.49. The molecule has 0 aliphatic carbocycles. The minimum Gasteiger partial charge on any atom is -0.355 e. The van der Waals surface area contributed by atoms with Crippen LogP contribution in [0.4, 0.5) is 5.13 Å². The fourth-order valence-corrected chi connectivity index (χ4v) is 2.50. The molecule has 15 heavy (non-hydrogen) atoms. The summed E-state index contributed by atoms with van der Waals surface area (Å²) in [5, 5.41) is 5.23. The summed E-state index contributed by atoms with van der Waals surface area (Å²) < 4.78 is 4.21. The molecule has 0 saturated heterocycles. The lowest BCUT2D eigenvalue weighted by atomic mass is 10.5. The van der Waals surface area contributed by atoms with Crippen molar-refractivity contribution in [2.45, 2.75) is 26.8 Å². The smallest absolute Gasteiger partial charge is 0.202 e. The van der Waals surface area contributed by atoms with Crippen LogP contribution in [0.15, 0.2) is 6.20 Å². The predicted molar refractivity (Wildman–Crippen MR) is 63.5 cm³/mol. The Morgan fingerprint density at radius 1 is 1.47 bits per heavy atom. The van der Waals surface area contributed by atoms with Gasteiger partial charge in [0.1, 0.15) is 5.82 Å². The van der Waals surface area contributed by atoms with E-state index in [-0.39, 0.29) is 0 Å². The van der Waals surface area contributed by atoms with Gasteiger partial charge in [-0.2, -0.15) is 4.37 Å². The zero-order chi connectivity index (χ0) is 10.7. The lowest BCUT2D eigenvalue weighted by Crippen LogP contribution is -1.96. The van der Waals surface area contributed by atoms with Crippen LogP contribution in [0.25, 0.3) is 0 Å². The van der Waals surface area contributed by atoms with Crippen LogP contribution in [0.3, 0.4) is 0 Å². The molecular weight excluding hydrogens is 228 g/mol. The first-order chi connectivity index (χ1) is 7.28. The van der Waals surface area contributed by atoms with Crippen molar-refractivity contribution in [2.24, 2.45) is 0 Å². The van der Waals surface area contributed by atoms with Crippen LogP contribution >= 0.6 is 22.9 Å². The molecular formula is C9H12N4S2. The van der Waals surface area contributed by atoms with Crippen molar-refractivity contribution in [1.82, 2.24) is 14.3 Å². The molecule has 0 saturated carbocycles. The lowest BCUT2D eigenvalue weighted by molar-refractivity contribution is 0.994. The van der Waals surface area contributed by atoms with Crippen molar-refractivity contribution in [3.05, 3.63) is 21.9 Å². The second-order valence-electron chi connectivity index (χ2n) is 3.07. The van der Waals surface area contributed by atoms with E-state index in [1.807, 2.05) is 13.1 Å². The topological polar surface area (TPSA) is 50.7 Å². The molecule has 2 aromatic rings. The minimum absolute atomic E-state index is 0.782. The Balaban J connectivity index is 1.93. The third kappa shape index (κ3) is 2.73. The summed E-state index contributed by atoms with van der Waals surface area (Å²) in [6.45, 7) is 4.84.